The van der Waals surface area contributed by atoms with Crippen LogP contribution in [0.25, 0.3) is 0 Å². The first-order chi connectivity index (χ1) is 13.5. The van der Waals surface area contributed by atoms with E-state index in [4.69, 9.17) is 9.26 Å². The van der Waals surface area contributed by atoms with Crippen molar-refractivity contribution in [2.45, 2.75) is 20.3 Å². The largest absolute Gasteiger partial charge is 0.484 e. The second-order valence-electron chi connectivity index (χ2n) is 6.81. The maximum Gasteiger partial charge on any atom is 0.260 e. The molecular formula is C20H26N4O4. The molecule has 1 aliphatic rings. The predicted molar refractivity (Wildman–Crippen MR) is 104 cm³/mol. The second-order valence-corrected chi connectivity index (χ2v) is 6.81. The molecular weight excluding hydrogens is 360 g/mol. The maximum absolute atomic E-state index is 12.4. The van der Waals surface area contributed by atoms with E-state index in [0.29, 0.717) is 43.5 Å². The van der Waals surface area contributed by atoms with Gasteiger partial charge >= 0.3 is 0 Å². The van der Waals surface area contributed by atoms with Crippen LogP contribution >= 0.6 is 0 Å². The fourth-order valence-electron chi connectivity index (χ4n) is 3.02. The lowest BCUT2D eigenvalue weighted by molar-refractivity contribution is -0.135. The number of carbonyl (C=O) groups excluding carboxylic acids is 2. The molecule has 0 aliphatic carbocycles. The molecule has 2 amide bonds. The highest BCUT2D eigenvalue weighted by Crippen LogP contribution is 2.13. The van der Waals surface area contributed by atoms with E-state index in [1.54, 1.807) is 17.9 Å². The minimum Gasteiger partial charge on any atom is -0.484 e. The van der Waals surface area contributed by atoms with Crippen LogP contribution in [0.3, 0.4) is 0 Å². The smallest absolute Gasteiger partial charge is 0.260 e. The topological polar surface area (TPSA) is 87.9 Å². The zero-order valence-corrected chi connectivity index (χ0v) is 16.3. The fourth-order valence-corrected chi connectivity index (χ4v) is 3.02. The van der Waals surface area contributed by atoms with E-state index in [1.165, 1.54) is 5.56 Å². The lowest BCUT2D eigenvalue weighted by Crippen LogP contribution is -2.51. The number of nitrogens with one attached hydrogen (secondary N) is 1. The van der Waals surface area contributed by atoms with Crippen LogP contribution in [0.15, 0.2) is 34.9 Å². The third-order valence-electron chi connectivity index (χ3n) is 4.68. The molecule has 2 aromatic rings. The second kappa shape index (κ2) is 9.36. The molecule has 28 heavy (non-hydrogen) atoms. The average molecular weight is 386 g/mol. The van der Waals surface area contributed by atoms with Crippen molar-refractivity contribution in [3.8, 4) is 5.75 Å². The molecule has 0 bridgehead atoms. The van der Waals surface area contributed by atoms with Crippen LogP contribution in [-0.2, 0) is 16.0 Å². The van der Waals surface area contributed by atoms with Gasteiger partial charge in [0.15, 0.2) is 12.4 Å². The highest BCUT2D eigenvalue weighted by molar-refractivity contribution is 5.91. The first-order valence-electron chi connectivity index (χ1n) is 9.48. The van der Waals surface area contributed by atoms with Crippen LogP contribution < -0.4 is 10.1 Å². The number of hydrogen-bond acceptors (Lipinski definition) is 6. The van der Waals surface area contributed by atoms with Crippen molar-refractivity contribution in [2.75, 3.05) is 44.6 Å². The van der Waals surface area contributed by atoms with Crippen LogP contribution in [0.5, 0.6) is 5.75 Å². The van der Waals surface area contributed by atoms with E-state index in [0.717, 1.165) is 6.42 Å². The standard InChI is InChI=1S/C20H26N4O4/c1-3-16-4-6-17(7-5-16)27-14-20(26)24-10-8-23(9-11-24)13-19(25)21-18-12-15(2)28-22-18/h4-7,12H,3,8-11,13-14H2,1-2H3,(H,21,22,25). The fraction of sp³-hybridized carbons (Fsp3) is 0.450. The van der Waals surface area contributed by atoms with E-state index in [2.05, 4.69) is 17.4 Å². The van der Waals surface area contributed by atoms with Gasteiger partial charge < -0.3 is 19.5 Å². The van der Waals surface area contributed by atoms with Gasteiger partial charge in [0.25, 0.3) is 5.91 Å². The minimum absolute atomic E-state index is 0.0253. The Labute approximate surface area is 164 Å². The van der Waals surface area contributed by atoms with Crippen molar-refractivity contribution in [3.05, 3.63) is 41.7 Å². The Morgan fingerprint density at radius 1 is 1.18 bits per heavy atom. The predicted octanol–water partition coefficient (Wildman–Crippen LogP) is 1.71. The summed E-state index contributed by atoms with van der Waals surface area (Å²) in [5, 5.41) is 6.45. The van der Waals surface area contributed by atoms with Gasteiger partial charge in [-0.2, -0.15) is 0 Å². The minimum atomic E-state index is -0.146. The molecule has 150 valence electrons. The number of benzene rings is 1. The summed E-state index contributed by atoms with van der Waals surface area (Å²) in [6, 6.07) is 9.45. The third-order valence-corrected chi connectivity index (χ3v) is 4.68. The van der Waals surface area contributed by atoms with Gasteiger partial charge in [-0.25, -0.2) is 0 Å². The molecule has 0 radical (unpaired) electrons. The van der Waals surface area contributed by atoms with Gasteiger partial charge in [0.05, 0.1) is 6.54 Å². The molecule has 1 N–H and O–H groups in total. The summed E-state index contributed by atoms with van der Waals surface area (Å²) in [4.78, 5) is 28.2. The molecule has 0 spiro atoms. The molecule has 1 aliphatic heterocycles. The van der Waals surface area contributed by atoms with Gasteiger partial charge in [-0.1, -0.05) is 24.2 Å². The van der Waals surface area contributed by atoms with Crippen LogP contribution in [0.2, 0.25) is 0 Å². The summed E-state index contributed by atoms with van der Waals surface area (Å²) in [5.74, 6) is 1.57. The Balaban J connectivity index is 1.37. The summed E-state index contributed by atoms with van der Waals surface area (Å²) >= 11 is 0. The van der Waals surface area contributed by atoms with Gasteiger partial charge in [-0.15, -0.1) is 0 Å². The quantitative estimate of drug-likeness (QED) is 0.779. The molecule has 1 aromatic heterocycles. The van der Waals surface area contributed by atoms with Crippen LogP contribution in [0.1, 0.15) is 18.2 Å². The van der Waals surface area contributed by atoms with Crippen molar-refractivity contribution in [3.63, 3.8) is 0 Å². The van der Waals surface area contributed by atoms with Crippen molar-refractivity contribution >= 4 is 17.6 Å². The molecule has 1 aromatic carbocycles. The number of rotatable bonds is 7. The molecule has 8 nitrogen and oxygen atoms in total. The van der Waals surface area contributed by atoms with E-state index < -0.39 is 0 Å². The van der Waals surface area contributed by atoms with E-state index >= 15 is 0 Å². The summed E-state index contributed by atoms with van der Waals surface area (Å²) in [7, 11) is 0. The number of anilines is 1. The highest BCUT2D eigenvalue weighted by atomic mass is 16.5. The number of ether oxygens (including phenoxy) is 1. The van der Waals surface area contributed by atoms with Gasteiger partial charge in [0.2, 0.25) is 5.91 Å². The summed E-state index contributed by atoms with van der Waals surface area (Å²) in [6.45, 7) is 6.58. The Hall–Kier alpha value is -2.87. The maximum atomic E-state index is 12.4. The lowest BCUT2D eigenvalue weighted by atomic mass is 10.2. The first kappa shape index (κ1) is 19.9. The van der Waals surface area contributed by atoms with E-state index in [-0.39, 0.29) is 25.0 Å². The Bertz CT molecular complexity index is 795. The Kier molecular flexibility index (Phi) is 6.65. The summed E-state index contributed by atoms with van der Waals surface area (Å²) in [6.07, 6.45) is 0.972. The third kappa shape index (κ3) is 5.56. The number of hydrogen-bond donors (Lipinski definition) is 1. The number of carbonyl (C=O) groups is 2. The zero-order chi connectivity index (χ0) is 19.9. The van der Waals surface area contributed by atoms with Crippen molar-refractivity contribution in [2.24, 2.45) is 0 Å². The zero-order valence-electron chi connectivity index (χ0n) is 16.3. The van der Waals surface area contributed by atoms with E-state index in [1.807, 2.05) is 29.2 Å². The van der Waals surface area contributed by atoms with Gasteiger partial charge in [-0.05, 0) is 31.0 Å². The molecule has 8 heteroatoms. The molecule has 1 saturated heterocycles. The number of aromatic nitrogens is 1. The Morgan fingerprint density at radius 3 is 2.50 bits per heavy atom. The monoisotopic (exact) mass is 386 g/mol. The molecule has 0 unspecified atom stereocenters. The normalized spacial score (nSPS) is 14.7. The van der Waals surface area contributed by atoms with Crippen molar-refractivity contribution < 1.29 is 18.8 Å². The highest BCUT2D eigenvalue weighted by Gasteiger charge is 2.23. The Morgan fingerprint density at radius 2 is 1.89 bits per heavy atom. The molecule has 0 saturated carbocycles. The first-order valence-corrected chi connectivity index (χ1v) is 9.48. The lowest BCUT2D eigenvalue weighted by Gasteiger charge is -2.34. The van der Waals surface area contributed by atoms with Crippen LogP contribution in [0, 0.1) is 6.92 Å². The van der Waals surface area contributed by atoms with Gasteiger partial charge in [0, 0.05) is 32.2 Å². The average Bonchev–Trinajstić information content (AvgIpc) is 3.11. The van der Waals surface area contributed by atoms with Crippen molar-refractivity contribution in [1.82, 2.24) is 15.0 Å². The SMILES string of the molecule is CCc1ccc(OCC(=O)N2CCN(CC(=O)Nc3cc(C)on3)CC2)cc1. The van der Waals surface area contributed by atoms with Gasteiger partial charge in [0.1, 0.15) is 11.5 Å². The van der Waals surface area contributed by atoms with Crippen LogP contribution in [0.4, 0.5) is 5.82 Å². The summed E-state index contributed by atoms with van der Waals surface area (Å²) in [5.41, 5.74) is 1.23. The number of amides is 2. The molecule has 0 atom stereocenters. The summed E-state index contributed by atoms with van der Waals surface area (Å²) < 4.78 is 10.5. The number of piperazine rings is 1. The molecule has 2 heterocycles. The van der Waals surface area contributed by atoms with E-state index in [9.17, 15) is 9.59 Å². The number of aryl methyl sites for hydroxylation is 2. The molecule has 1 fully saturated rings. The van der Waals surface area contributed by atoms with Crippen molar-refractivity contribution in [1.29, 1.82) is 0 Å². The van der Waals surface area contributed by atoms with Crippen LogP contribution in [-0.4, -0.2) is 66.1 Å². The molecule has 3 rings (SSSR count). The van der Waals surface area contributed by atoms with Gasteiger partial charge in [-0.3, -0.25) is 14.5 Å². The number of nitrogens with zero attached hydrogens (tertiary/aromatic N) is 3.